The van der Waals surface area contributed by atoms with Crippen molar-refractivity contribution in [3.8, 4) is 0 Å². The Morgan fingerprint density at radius 2 is 2.35 bits per heavy atom. The average Bonchev–Trinajstić information content (AvgIpc) is 2.80. The lowest BCUT2D eigenvalue weighted by molar-refractivity contribution is -0.385. The molecule has 88 valence electrons. The second-order valence-corrected chi connectivity index (χ2v) is 4.88. The largest absolute Gasteiger partial charge is 0.356 e. The van der Waals surface area contributed by atoms with Gasteiger partial charge in [0.1, 0.15) is 5.51 Å². The monoisotopic (exact) mass is 314 g/mol. The molecule has 0 unspecified atom stereocenters. The first-order chi connectivity index (χ1) is 8.16. The summed E-state index contributed by atoms with van der Waals surface area (Å²) < 4.78 is 0.684. The van der Waals surface area contributed by atoms with Crippen molar-refractivity contribution in [3.63, 3.8) is 0 Å². The maximum absolute atomic E-state index is 10.9. The third-order valence-corrected chi connectivity index (χ3v) is 3.18. The van der Waals surface area contributed by atoms with Gasteiger partial charge in [-0.15, -0.1) is 10.2 Å². The summed E-state index contributed by atoms with van der Waals surface area (Å²) in [5, 5.41) is 22.0. The van der Waals surface area contributed by atoms with E-state index in [1.807, 2.05) is 0 Å². The summed E-state index contributed by atoms with van der Waals surface area (Å²) in [5.74, 6) is 0. The molecule has 0 saturated heterocycles. The normalized spacial score (nSPS) is 10.2. The second kappa shape index (κ2) is 5.19. The molecule has 0 fully saturated rings. The number of nitro groups is 1. The second-order valence-electron chi connectivity index (χ2n) is 3.13. The number of nitro benzene ring substituents is 1. The highest BCUT2D eigenvalue weighted by Gasteiger charge is 2.13. The van der Waals surface area contributed by atoms with Crippen LogP contribution in [0.15, 0.2) is 28.2 Å². The highest BCUT2D eigenvalue weighted by atomic mass is 79.9. The molecule has 8 heteroatoms. The van der Waals surface area contributed by atoms with Crippen molar-refractivity contribution in [1.29, 1.82) is 0 Å². The molecule has 0 aliphatic rings. The third-order valence-electron chi connectivity index (χ3n) is 2.03. The average molecular weight is 315 g/mol. The Labute approximate surface area is 109 Å². The summed E-state index contributed by atoms with van der Waals surface area (Å²) in [6.45, 7) is 0.346. The Balaban J connectivity index is 2.17. The summed E-state index contributed by atoms with van der Waals surface area (Å²) >= 11 is 4.56. The van der Waals surface area contributed by atoms with E-state index in [0.717, 1.165) is 0 Å². The summed E-state index contributed by atoms with van der Waals surface area (Å²) in [6.07, 6.45) is 0. The van der Waals surface area contributed by atoms with Gasteiger partial charge in [0.2, 0.25) is 5.13 Å². The lowest BCUT2D eigenvalue weighted by Crippen LogP contribution is -2.03. The summed E-state index contributed by atoms with van der Waals surface area (Å²) in [4.78, 5) is 10.5. The Morgan fingerprint density at radius 1 is 1.53 bits per heavy atom. The van der Waals surface area contributed by atoms with Gasteiger partial charge in [-0.1, -0.05) is 27.3 Å². The quantitative estimate of drug-likeness (QED) is 0.693. The summed E-state index contributed by atoms with van der Waals surface area (Å²) in [5.41, 5.74) is 2.28. The van der Waals surface area contributed by atoms with Crippen LogP contribution >= 0.6 is 27.3 Å². The molecule has 0 aliphatic heterocycles. The van der Waals surface area contributed by atoms with Gasteiger partial charge in [0.25, 0.3) is 5.69 Å². The van der Waals surface area contributed by atoms with Crippen molar-refractivity contribution in [3.05, 3.63) is 43.9 Å². The van der Waals surface area contributed by atoms with Gasteiger partial charge in [0, 0.05) is 22.6 Å². The van der Waals surface area contributed by atoms with Crippen LogP contribution in [0.1, 0.15) is 5.56 Å². The minimum atomic E-state index is -0.401. The molecule has 0 radical (unpaired) electrons. The fourth-order valence-corrected chi connectivity index (χ4v) is 2.07. The number of halogens is 1. The number of aromatic nitrogens is 2. The number of anilines is 1. The van der Waals surface area contributed by atoms with E-state index in [-0.39, 0.29) is 5.69 Å². The van der Waals surface area contributed by atoms with E-state index >= 15 is 0 Å². The predicted octanol–water partition coefficient (Wildman–Crippen LogP) is 2.82. The van der Waals surface area contributed by atoms with Crippen LogP contribution in [0.5, 0.6) is 0 Å². The molecule has 1 aromatic heterocycles. The first-order valence-corrected chi connectivity index (χ1v) is 6.27. The molecular weight excluding hydrogens is 308 g/mol. The maximum Gasteiger partial charge on any atom is 0.275 e. The molecule has 0 spiro atoms. The molecule has 0 amide bonds. The Bertz CT molecular complexity index is 532. The van der Waals surface area contributed by atoms with Gasteiger partial charge >= 0.3 is 0 Å². The van der Waals surface area contributed by atoms with Gasteiger partial charge in [-0.25, -0.2) is 0 Å². The predicted molar refractivity (Wildman–Crippen MR) is 68.0 cm³/mol. The zero-order valence-electron chi connectivity index (χ0n) is 8.46. The van der Waals surface area contributed by atoms with Crippen LogP contribution in [0.4, 0.5) is 10.8 Å². The first-order valence-electron chi connectivity index (χ1n) is 4.59. The van der Waals surface area contributed by atoms with Gasteiger partial charge < -0.3 is 5.32 Å². The number of nitrogens with one attached hydrogen (secondary N) is 1. The zero-order valence-corrected chi connectivity index (χ0v) is 10.9. The molecule has 6 nitrogen and oxygen atoms in total. The summed E-state index contributed by atoms with van der Waals surface area (Å²) in [7, 11) is 0. The molecule has 1 aromatic carbocycles. The van der Waals surface area contributed by atoms with Crippen LogP contribution in [0.2, 0.25) is 0 Å². The zero-order chi connectivity index (χ0) is 12.3. The van der Waals surface area contributed by atoms with Crippen LogP contribution in [-0.4, -0.2) is 15.1 Å². The Morgan fingerprint density at radius 3 is 3.00 bits per heavy atom. The van der Waals surface area contributed by atoms with E-state index in [4.69, 9.17) is 0 Å². The van der Waals surface area contributed by atoms with Crippen LogP contribution in [0, 0.1) is 10.1 Å². The molecule has 2 aromatic rings. The minimum Gasteiger partial charge on any atom is -0.356 e. The fourth-order valence-electron chi connectivity index (χ4n) is 1.28. The molecule has 17 heavy (non-hydrogen) atoms. The molecule has 2 rings (SSSR count). The van der Waals surface area contributed by atoms with Crippen molar-refractivity contribution in [2.75, 3.05) is 5.32 Å². The fraction of sp³-hybridized carbons (Fsp3) is 0.111. The molecule has 1 heterocycles. The molecule has 1 N–H and O–H groups in total. The highest BCUT2D eigenvalue weighted by molar-refractivity contribution is 9.10. The molecule has 0 atom stereocenters. The van der Waals surface area contributed by atoms with E-state index in [2.05, 4.69) is 31.4 Å². The molecule has 0 aliphatic carbocycles. The smallest absolute Gasteiger partial charge is 0.275 e. The van der Waals surface area contributed by atoms with Gasteiger partial charge in [-0.2, -0.15) is 0 Å². The lowest BCUT2D eigenvalue weighted by Gasteiger charge is -2.04. The number of hydrogen-bond donors (Lipinski definition) is 1. The number of rotatable bonds is 4. The molecular formula is C9H7BrN4O2S. The summed E-state index contributed by atoms with van der Waals surface area (Å²) in [6, 6.07) is 4.96. The lowest BCUT2D eigenvalue weighted by atomic mass is 10.2. The van der Waals surface area contributed by atoms with E-state index in [1.165, 1.54) is 17.4 Å². The molecule has 0 saturated carbocycles. The number of benzene rings is 1. The third kappa shape index (κ3) is 2.98. The van der Waals surface area contributed by atoms with Gasteiger partial charge in [-0.3, -0.25) is 10.1 Å². The van der Waals surface area contributed by atoms with Gasteiger partial charge in [0.15, 0.2) is 0 Å². The van der Waals surface area contributed by atoms with Crippen molar-refractivity contribution in [2.45, 2.75) is 6.54 Å². The van der Waals surface area contributed by atoms with Gasteiger partial charge in [0.05, 0.1) is 4.92 Å². The number of hydrogen-bond acceptors (Lipinski definition) is 6. The SMILES string of the molecule is O=[N+]([O-])c1cc(Br)ccc1CNc1nncs1. The van der Waals surface area contributed by atoms with E-state index in [0.29, 0.717) is 21.7 Å². The van der Waals surface area contributed by atoms with E-state index in [1.54, 1.807) is 17.6 Å². The highest BCUT2D eigenvalue weighted by Crippen LogP contribution is 2.24. The topological polar surface area (TPSA) is 81.0 Å². The van der Waals surface area contributed by atoms with Crippen molar-refractivity contribution >= 4 is 38.1 Å². The van der Waals surface area contributed by atoms with Crippen LogP contribution in [0.3, 0.4) is 0 Å². The van der Waals surface area contributed by atoms with E-state index in [9.17, 15) is 10.1 Å². The van der Waals surface area contributed by atoms with Crippen LogP contribution in [-0.2, 0) is 6.54 Å². The van der Waals surface area contributed by atoms with Gasteiger partial charge in [-0.05, 0) is 12.1 Å². The minimum absolute atomic E-state index is 0.0800. The van der Waals surface area contributed by atoms with Crippen molar-refractivity contribution < 1.29 is 4.92 Å². The van der Waals surface area contributed by atoms with Crippen molar-refractivity contribution in [1.82, 2.24) is 10.2 Å². The maximum atomic E-state index is 10.9. The van der Waals surface area contributed by atoms with Crippen molar-refractivity contribution in [2.24, 2.45) is 0 Å². The van der Waals surface area contributed by atoms with Crippen LogP contribution in [0.25, 0.3) is 0 Å². The first kappa shape index (κ1) is 11.9. The molecule has 0 bridgehead atoms. The number of nitrogens with zero attached hydrogens (tertiary/aromatic N) is 3. The standard InChI is InChI=1S/C9H7BrN4O2S/c10-7-2-1-6(8(3-7)14(15)16)4-11-9-13-12-5-17-9/h1-3,5H,4H2,(H,11,13). The van der Waals surface area contributed by atoms with E-state index < -0.39 is 4.92 Å². The van der Waals surface area contributed by atoms with Crippen LogP contribution < -0.4 is 5.32 Å². The Hall–Kier alpha value is -1.54. The Kier molecular flexibility index (Phi) is 3.64.